The van der Waals surface area contributed by atoms with E-state index in [1.54, 1.807) is 43.3 Å². The van der Waals surface area contributed by atoms with Crippen LogP contribution in [0.15, 0.2) is 91.5 Å². The van der Waals surface area contributed by atoms with Gasteiger partial charge in [0, 0.05) is 29.8 Å². The van der Waals surface area contributed by atoms with Crippen LogP contribution in [0.2, 0.25) is 0 Å². The van der Waals surface area contributed by atoms with Gasteiger partial charge in [0.1, 0.15) is 18.7 Å². The maximum absolute atomic E-state index is 12.5. The van der Waals surface area contributed by atoms with Crippen molar-refractivity contribution < 1.29 is 14.4 Å². The third-order valence-corrected chi connectivity index (χ3v) is 5.54. The standard InChI is InChI=1S/C27H25N5O3/c1-19(32-18-28-17-29-32)27(35)31-24-13-11-23(12-14-24)30-26(34)16-15-25(33)22-9-7-21(8-10-22)20-5-3-2-4-6-20/h2-14,17-19H,15-16H2,1H3,(H,30,34)(H,31,35). The van der Waals surface area contributed by atoms with Gasteiger partial charge in [-0.25, -0.2) is 9.67 Å². The molecule has 1 unspecified atom stereocenters. The molecule has 2 amide bonds. The van der Waals surface area contributed by atoms with Gasteiger partial charge in [0.15, 0.2) is 5.78 Å². The van der Waals surface area contributed by atoms with Crippen molar-refractivity contribution in [3.63, 3.8) is 0 Å². The molecule has 35 heavy (non-hydrogen) atoms. The van der Waals surface area contributed by atoms with E-state index in [0.717, 1.165) is 11.1 Å². The molecular weight excluding hydrogens is 442 g/mol. The number of hydrogen-bond donors (Lipinski definition) is 2. The summed E-state index contributed by atoms with van der Waals surface area (Å²) in [4.78, 5) is 41.0. The third-order valence-electron chi connectivity index (χ3n) is 5.54. The Morgan fingerprint density at radius 1 is 0.800 bits per heavy atom. The molecule has 1 atom stereocenters. The van der Waals surface area contributed by atoms with Crippen LogP contribution in [-0.2, 0) is 9.59 Å². The molecule has 8 nitrogen and oxygen atoms in total. The first-order valence-electron chi connectivity index (χ1n) is 11.2. The number of amides is 2. The van der Waals surface area contributed by atoms with Crippen LogP contribution in [0.1, 0.15) is 36.2 Å². The van der Waals surface area contributed by atoms with Crippen molar-refractivity contribution in [2.24, 2.45) is 0 Å². The Kier molecular flexibility index (Phi) is 7.42. The molecule has 0 saturated heterocycles. The smallest absolute Gasteiger partial charge is 0.249 e. The summed E-state index contributed by atoms with van der Waals surface area (Å²) in [5.41, 5.74) is 3.87. The Hall–Kier alpha value is -4.59. The first-order chi connectivity index (χ1) is 17.0. The number of Topliss-reactive ketones (excluding diaryl/α,β-unsaturated/α-hetero) is 1. The first kappa shape index (κ1) is 23.6. The maximum Gasteiger partial charge on any atom is 0.249 e. The summed E-state index contributed by atoms with van der Waals surface area (Å²) in [7, 11) is 0. The molecule has 4 rings (SSSR count). The number of rotatable bonds is 9. The van der Waals surface area contributed by atoms with E-state index in [4.69, 9.17) is 0 Å². The molecular formula is C27H25N5O3. The van der Waals surface area contributed by atoms with Gasteiger partial charge >= 0.3 is 0 Å². The molecule has 176 valence electrons. The summed E-state index contributed by atoms with van der Waals surface area (Å²) in [5, 5.41) is 9.54. The second kappa shape index (κ2) is 11.0. The number of nitrogens with zero attached hydrogens (tertiary/aromatic N) is 3. The highest BCUT2D eigenvalue weighted by molar-refractivity contribution is 6.00. The van der Waals surface area contributed by atoms with Gasteiger partial charge in [-0.1, -0.05) is 54.6 Å². The predicted octanol–water partition coefficient (Wildman–Crippen LogP) is 4.75. The maximum atomic E-state index is 12.5. The number of benzene rings is 3. The Morgan fingerprint density at radius 3 is 2.06 bits per heavy atom. The number of aromatic nitrogens is 3. The van der Waals surface area contributed by atoms with E-state index in [1.807, 2.05) is 42.5 Å². The number of nitrogens with one attached hydrogen (secondary N) is 2. The van der Waals surface area contributed by atoms with Gasteiger partial charge in [-0.2, -0.15) is 5.10 Å². The van der Waals surface area contributed by atoms with Crippen LogP contribution in [0.5, 0.6) is 0 Å². The molecule has 0 radical (unpaired) electrons. The van der Waals surface area contributed by atoms with Crippen molar-refractivity contribution in [1.82, 2.24) is 14.8 Å². The molecule has 1 heterocycles. The number of ketones is 1. The molecule has 0 spiro atoms. The van der Waals surface area contributed by atoms with Crippen molar-refractivity contribution in [3.8, 4) is 11.1 Å². The third kappa shape index (κ3) is 6.26. The van der Waals surface area contributed by atoms with Gasteiger partial charge in [0.2, 0.25) is 11.8 Å². The zero-order valence-corrected chi connectivity index (χ0v) is 19.2. The second-order valence-electron chi connectivity index (χ2n) is 8.03. The minimum absolute atomic E-state index is 0.0766. The number of carbonyl (C=O) groups is 3. The summed E-state index contributed by atoms with van der Waals surface area (Å²) < 4.78 is 1.46. The molecule has 0 fully saturated rings. The average Bonchev–Trinajstić information content (AvgIpc) is 3.44. The normalized spacial score (nSPS) is 11.5. The van der Waals surface area contributed by atoms with Crippen molar-refractivity contribution in [1.29, 1.82) is 0 Å². The summed E-state index contributed by atoms with van der Waals surface area (Å²) in [6.07, 6.45) is 3.04. The van der Waals surface area contributed by atoms with E-state index in [1.165, 1.54) is 17.3 Å². The quantitative estimate of drug-likeness (QED) is 0.346. The van der Waals surface area contributed by atoms with Gasteiger partial charge in [-0.05, 0) is 42.3 Å². The molecule has 0 aliphatic rings. The molecule has 0 aliphatic heterocycles. The highest BCUT2D eigenvalue weighted by Gasteiger charge is 2.15. The molecule has 0 aliphatic carbocycles. The van der Waals surface area contributed by atoms with Gasteiger partial charge in [0.05, 0.1) is 0 Å². The van der Waals surface area contributed by atoms with E-state index < -0.39 is 6.04 Å². The summed E-state index contributed by atoms with van der Waals surface area (Å²) in [5.74, 6) is -0.572. The van der Waals surface area contributed by atoms with E-state index >= 15 is 0 Å². The highest BCUT2D eigenvalue weighted by Crippen LogP contribution is 2.20. The minimum Gasteiger partial charge on any atom is -0.326 e. The van der Waals surface area contributed by atoms with Crippen LogP contribution >= 0.6 is 0 Å². The lowest BCUT2D eigenvalue weighted by Gasteiger charge is -2.12. The van der Waals surface area contributed by atoms with Crippen LogP contribution in [0.4, 0.5) is 11.4 Å². The van der Waals surface area contributed by atoms with E-state index in [2.05, 4.69) is 20.7 Å². The van der Waals surface area contributed by atoms with Gasteiger partial charge in [-0.3, -0.25) is 14.4 Å². The Labute approximate surface area is 203 Å². The highest BCUT2D eigenvalue weighted by atomic mass is 16.2. The number of anilines is 2. The summed E-state index contributed by atoms with van der Waals surface area (Å²) in [6.45, 7) is 1.72. The van der Waals surface area contributed by atoms with Crippen LogP contribution in [0, 0.1) is 0 Å². The fraction of sp³-hybridized carbons (Fsp3) is 0.148. The molecule has 1 aromatic heterocycles. The molecule has 0 saturated carbocycles. The largest absolute Gasteiger partial charge is 0.326 e. The lowest BCUT2D eigenvalue weighted by atomic mass is 10.0. The Balaban J connectivity index is 1.24. The Morgan fingerprint density at radius 2 is 1.43 bits per heavy atom. The topological polar surface area (TPSA) is 106 Å². The van der Waals surface area contributed by atoms with Gasteiger partial charge in [0.25, 0.3) is 0 Å². The average molecular weight is 468 g/mol. The first-order valence-corrected chi connectivity index (χ1v) is 11.2. The van der Waals surface area contributed by atoms with Gasteiger partial charge in [-0.15, -0.1) is 0 Å². The molecule has 3 aromatic carbocycles. The van der Waals surface area contributed by atoms with Crippen molar-refractivity contribution in [2.45, 2.75) is 25.8 Å². The van der Waals surface area contributed by atoms with Crippen LogP contribution < -0.4 is 10.6 Å². The predicted molar refractivity (Wildman–Crippen MR) is 134 cm³/mol. The summed E-state index contributed by atoms with van der Waals surface area (Å²) in [6, 6.07) is 23.6. The zero-order chi connectivity index (χ0) is 24.6. The number of hydrogen-bond acceptors (Lipinski definition) is 5. The SMILES string of the molecule is CC(C(=O)Nc1ccc(NC(=O)CCC(=O)c2ccc(-c3ccccc3)cc2)cc1)n1cncn1. The molecule has 4 aromatic rings. The van der Waals surface area contributed by atoms with Crippen molar-refractivity contribution in [3.05, 3.63) is 97.1 Å². The van der Waals surface area contributed by atoms with E-state index in [0.29, 0.717) is 16.9 Å². The van der Waals surface area contributed by atoms with Gasteiger partial charge < -0.3 is 10.6 Å². The fourth-order valence-corrected chi connectivity index (χ4v) is 3.50. The minimum atomic E-state index is -0.510. The fourth-order valence-electron chi connectivity index (χ4n) is 3.50. The lowest BCUT2D eigenvalue weighted by molar-refractivity contribution is -0.119. The zero-order valence-electron chi connectivity index (χ0n) is 19.2. The second-order valence-corrected chi connectivity index (χ2v) is 8.03. The Bertz CT molecular complexity index is 1290. The van der Waals surface area contributed by atoms with Crippen molar-refractivity contribution in [2.75, 3.05) is 10.6 Å². The molecule has 8 heteroatoms. The lowest BCUT2D eigenvalue weighted by Crippen LogP contribution is -2.24. The van der Waals surface area contributed by atoms with Crippen molar-refractivity contribution >= 4 is 29.0 Å². The van der Waals surface area contributed by atoms with Crippen LogP contribution in [-0.4, -0.2) is 32.4 Å². The molecule has 0 bridgehead atoms. The molecule has 2 N–H and O–H groups in total. The van der Waals surface area contributed by atoms with Crippen LogP contribution in [0.3, 0.4) is 0 Å². The number of carbonyl (C=O) groups excluding carboxylic acids is 3. The van der Waals surface area contributed by atoms with Crippen LogP contribution in [0.25, 0.3) is 11.1 Å². The van der Waals surface area contributed by atoms with E-state index in [-0.39, 0.29) is 30.4 Å². The van der Waals surface area contributed by atoms with E-state index in [9.17, 15) is 14.4 Å². The summed E-state index contributed by atoms with van der Waals surface area (Å²) >= 11 is 0. The monoisotopic (exact) mass is 467 g/mol.